The van der Waals surface area contributed by atoms with E-state index >= 15 is 0 Å². The first kappa shape index (κ1) is 23.7. The monoisotopic (exact) mass is 479 g/mol. The van der Waals surface area contributed by atoms with Gasteiger partial charge in [0, 0.05) is 30.2 Å². The van der Waals surface area contributed by atoms with Gasteiger partial charge in [-0.25, -0.2) is 19.3 Å². The molecule has 0 aliphatic carbocycles. The third-order valence-corrected chi connectivity index (χ3v) is 4.77. The molecule has 35 heavy (non-hydrogen) atoms. The number of nitrogens with one attached hydrogen (secondary N) is 2. The number of aromatic nitrogens is 4. The highest BCUT2D eigenvalue weighted by atomic mass is 19.4. The van der Waals surface area contributed by atoms with Crippen molar-refractivity contribution in [2.75, 3.05) is 24.7 Å². The smallest absolute Gasteiger partial charge is 0.308 e. The Bertz CT molecular complexity index is 1430. The second-order valence-electron chi connectivity index (χ2n) is 7.80. The number of anilines is 2. The number of nitrogens with zero attached hydrogens (tertiary/aromatic N) is 5. The van der Waals surface area contributed by atoms with E-state index in [4.69, 9.17) is 0 Å². The summed E-state index contributed by atoms with van der Waals surface area (Å²) in [6, 6.07) is 9.73. The largest absolute Gasteiger partial charge is 0.416 e. The van der Waals surface area contributed by atoms with Crippen LogP contribution in [0.1, 0.15) is 22.4 Å². The van der Waals surface area contributed by atoms with E-state index in [0.717, 1.165) is 6.07 Å². The number of alkyl halides is 3. The molecule has 3 aromatic heterocycles. The minimum atomic E-state index is -4.55. The maximum absolute atomic E-state index is 13.5. The lowest BCUT2D eigenvalue weighted by molar-refractivity contribution is -0.138. The molecule has 0 spiro atoms. The number of imidazole rings is 1. The number of benzene rings is 1. The Kier molecular flexibility index (Phi) is 6.66. The zero-order valence-electron chi connectivity index (χ0n) is 18.8. The second-order valence-corrected chi connectivity index (χ2v) is 7.80. The fraction of sp³-hybridized carbons (Fsp3) is 0.167. The number of fused-ring (bicyclic) bond motifs is 1. The Morgan fingerprint density at radius 1 is 1.06 bits per heavy atom. The van der Waals surface area contributed by atoms with Crippen LogP contribution in [0.3, 0.4) is 0 Å². The highest BCUT2D eigenvalue weighted by molar-refractivity contribution is 5.99. The lowest BCUT2D eigenvalue weighted by Crippen LogP contribution is -2.21. The number of rotatable bonds is 4. The van der Waals surface area contributed by atoms with Crippen LogP contribution in [0.4, 0.5) is 29.5 Å². The molecule has 0 aliphatic rings. The van der Waals surface area contributed by atoms with Crippen LogP contribution in [0.25, 0.3) is 5.65 Å². The SMILES string of the molecule is CN(C)Cc1ccc(NC(=O)Nc2cc(C#Cc3cnc4cccnn34)ccn2)cc1C(F)(F)F. The molecule has 4 aromatic rings. The van der Waals surface area contributed by atoms with E-state index in [-0.39, 0.29) is 23.6 Å². The van der Waals surface area contributed by atoms with E-state index in [0.29, 0.717) is 16.9 Å². The average Bonchev–Trinajstić information content (AvgIpc) is 3.21. The molecule has 0 radical (unpaired) electrons. The van der Waals surface area contributed by atoms with Crippen LogP contribution in [-0.2, 0) is 12.7 Å². The molecule has 1 aromatic carbocycles. The van der Waals surface area contributed by atoms with Gasteiger partial charge in [-0.05, 0) is 62.0 Å². The van der Waals surface area contributed by atoms with E-state index in [2.05, 4.69) is 37.5 Å². The van der Waals surface area contributed by atoms with Gasteiger partial charge < -0.3 is 10.2 Å². The van der Waals surface area contributed by atoms with E-state index in [1.54, 1.807) is 60.2 Å². The van der Waals surface area contributed by atoms with Gasteiger partial charge in [-0.2, -0.15) is 18.3 Å². The van der Waals surface area contributed by atoms with Crippen molar-refractivity contribution in [3.8, 4) is 11.8 Å². The van der Waals surface area contributed by atoms with Crippen molar-refractivity contribution in [2.45, 2.75) is 12.7 Å². The molecule has 8 nitrogen and oxygen atoms in total. The lowest BCUT2D eigenvalue weighted by atomic mass is 10.1. The minimum absolute atomic E-state index is 0.00777. The van der Waals surface area contributed by atoms with Crippen molar-refractivity contribution in [3.63, 3.8) is 0 Å². The quantitative estimate of drug-likeness (QED) is 0.428. The lowest BCUT2D eigenvalue weighted by Gasteiger charge is -2.18. The Balaban J connectivity index is 1.47. The van der Waals surface area contributed by atoms with Crippen LogP contribution in [0, 0.1) is 11.8 Å². The molecule has 3 heterocycles. The van der Waals surface area contributed by atoms with Crippen molar-refractivity contribution in [2.24, 2.45) is 0 Å². The fourth-order valence-electron chi connectivity index (χ4n) is 3.30. The van der Waals surface area contributed by atoms with Crippen LogP contribution in [-0.4, -0.2) is 44.6 Å². The molecular weight excluding hydrogens is 459 g/mol. The summed E-state index contributed by atoms with van der Waals surface area (Å²) in [5.74, 6) is 6.11. The number of hydrogen-bond acceptors (Lipinski definition) is 5. The summed E-state index contributed by atoms with van der Waals surface area (Å²) in [5, 5.41) is 9.12. The van der Waals surface area contributed by atoms with Gasteiger partial charge in [-0.1, -0.05) is 12.0 Å². The predicted molar refractivity (Wildman–Crippen MR) is 125 cm³/mol. The first-order valence-corrected chi connectivity index (χ1v) is 10.4. The number of hydrogen-bond donors (Lipinski definition) is 2. The van der Waals surface area contributed by atoms with Crippen LogP contribution in [0.5, 0.6) is 0 Å². The van der Waals surface area contributed by atoms with Crippen molar-refractivity contribution in [3.05, 3.63) is 83.4 Å². The van der Waals surface area contributed by atoms with Gasteiger partial charge in [0.2, 0.25) is 0 Å². The molecule has 0 aliphatic heterocycles. The maximum atomic E-state index is 13.5. The highest BCUT2D eigenvalue weighted by Gasteiger charge is 2.33. The molecule has 2 amide bonds. The number of halogens is 3. The second kappa shape index (κ2) is 9.82. The number of carbonyl (C=O) groups excluding carboxylic acids is 1. The summed E-state index contributed by atoms with van der Waals surface area (Å²) in [6.07, 6.45) is 0.136. The van der Waals surface area contributed by atoms with E-state index in [1.165, 1.54) is 18.3 Å². The summed E-state index contributed by atoms with van der Waals surface area (Å²) in [4.78, 5) is 22.3. The summed E-state index contributed by atoms with van der Waals surface area (Å²) < 4.78 is 42.1. The third-order valence-electron chi connectivity index (χ3n) is 4.77. The zero-order valence-corrected chi connectivity index (χ0v) is 18.8. The summed E-state index contributed by atoms with van der Waals surface area (Å²) in [7, 11) is 3.36. The van der Waals surface area contributed by atoms with Gasteiger partial charge in [-0.15, -0.1) is 0 Å². The molecule has 11 heteroatoms. The highest BCUT2D eigenvalue weighted by Crippen LogP contribution is 2.34. The zero-order chi connectivity index (χ0) is 25.0. The standard InChI is InChI=1S/C24H20F3N7O/c1-33(2)15-17-6-7-18(13-20(17)24(25,26)27)31-23(35)32-21-12-16(9-11-28-21)5-8-19-14-29-22-4-3-10-30-34(19)22/h3-4,6-7,9-14H,15H2,1-2H3,(H2,28,31,32,35). The van der Waals surface area contributed by atoms with Crippen LogP contribution in [0.15, 0.2) is 61.1 Å². The molecule has 0 atom stereocenters. The molecule has 4 rings (SSSR count). The summed E-state index contributed by atoms with van der Waals surface area (Å²) >= 11 is 0. The van der Waals surface area contributed by atoms with Gasteiger partial charge in [0.1, 0.15) is 11.5 Å². The fourth-order valence-corrected chi connectivity index (χ4v) is 3.30. The summed E-state index contributed by atoms with van der Waals surface area (Å²) in [6.45, 7) is 0.115. The minimum Gasteiger partial charge on any atom is -0.308 e. The van der Waals surface area contributed by atoms with Gasteiger partial charge in [0.25, 0.3) is 0 Å². The molecule has 2 N–H and O–H groups in total. The van der Waals surface area contributed by atoms with Crippen molar-refractivity contribution in [1.29, 1.82) is 0 Å². The topological polar surface area (TPSA) is 87.5 Å². The first-order valence-electron chi connectivity index (χ1n) is 10.4. The van der Waals surface area contributed by atoms with Crippen LogP contribution in [0.2, 0.25) is 0 Å². The predicted octanol–water partition coefficient (Wildman–Crippen LogP) is 4.25. The number of carbonyl (C=O) groups is 1. The maximum Gasteiger partial charge on any atom is 0.416 e. The molecule has 0 bridgehead atoms. The van der Waals surface area contributed by atoms with Gasteiger partial charge in [0.15, 0.2) is 5.65 Å². The number of urea groups is 1. The van der Waals surface area contributed by atoms with Crippen LogP contribution < -0.4 is 10.6 Å². The summed E-state index contributed by atoms with van der Waals surface area (Å²) in [5.41, 5.74) is 1.13. The Morgan fingerprint density at radius 3 is 2.66 bits per heavy atom. The molecule has 0 fully saturated rings. The van der Waals surface area contributed by atoms with Crippen molar-refractivity contribution in [1.82, 2.24) is 24.5 Å². The number of amides is 2. The Labute approximate surface area is 198 Å². The normalized spacial score (nSPS) is 11.3. The van der Waals surface area contributed by atoms with Crippen LogP contribution >= 0.6 is 0 Å². The third kappa shape index (κ3) is 5.93. The Morgan fingerprint density at radius 2 is 1.89 bits per heavy atom. The molecule has 0 unspecified atom stereocenters. The molecule has 0 saturated heterocycles. The first-order chi connectivity index (χ1) is 16.7. The van der Waals surface area contributed by atoms with Gasteiger partial charge in [0.05, 0.1) is 11.8 Å². The van der Waals surface area contributed by atoms with E-state index in [9.17, 15) is 18.0 Å². The Hall–Kier alpha value is -4.43. The van der Waals surface area contributed by atoms with Gasteiger partial charge >= 0.3 is 12.2 Å². The van der Waals surface area contributed by atoms with E-state index in [1.807, 2.05) is 0 Å². The average molecular weight is 479 g/mol. The van der Waals surface area contributed by atoms with Crippen molar-refractivity contribution >= 4 is 23.2 Å². The molecule has 0 saturated carbocycles. The molecule has 178 valence electrons. The molecular formula is C24H20F3N7O. The van der Waals surface area contributed by atoms with Gasteiger partial charge in [-0.3, -0.25) is 5.32 Å². The van der Waals surface area contributed by atoms with Crippen molar-refractivity contribution < 1.29 is 18.0 Å². The van der Waals surface area contributed by atoms with E-state index < -0.39 is 17.8 Å². The number of pyridine rings is 1.